The first-order chi connectivity index (χ1) is 10.1. The number of aromatic nitrogens is 3. The van der Waals surface area contributed by atoms with Crippen molar-refractivity contribution in [2.75, 3.05) is 23.3 Å². The molecule has 5 nitrogen and oxygen atoms in total. The van der Waals surface area contributed by atoms with Gasteiger partial charge in [0.2, 0.25) is 0 Å². The SMILES string of the molecule is Cc1cc(NC2CCN(c3ncccc3F)C2)nc(C)n1. The molecule has 0 amide bonds. The van der Waals surface area contributed by atoms with E-state index in [2.05, 4.69) is 20.3 Å². The van der Waals surface area contributed by atoms with Crippen molar-refractivity contribution in [2.24, 2.45) is 0 Å². The van der Waals surface area contributed by atoms with E-state index in [0.29, 0.717) is 5.82 Å². The van der Waals surface area contributed by atoms with Gasteiger partial charge in [0.15, 0.2) is 11.6 Å². The van der Waals surface area contributed by atoms with Crippen LogP contribution >= 0.6 is 0 Å². The Bertz CT molecular complexity index is 625. The predicted octanol–water partition coefficient (Wildman–Crippen LogP) is 2.32. The summed E-state index contributed by atoms with van der Waals surface area (Å²) in [4.78, 5) is 14.7. The molecule has 2 aromatic rings. The fourth-order valence-electron chi connectivity index (χ4n) is 2.68. The highest BCUT2D eigenvalue weighted by Crippen LogP contribution is 2.22. The molecule has 1 aliphatic heterocycles. The molecule has 1 aliphatic rings. The first-order valence-electron chi connectivity index (χ1n) is 7.06. The molecule has 3 rings (SSSR count). The average Bonchev–Trinajstić information content (AvgIpc) is 2.86. The minimum atomic E-state index is -0.271. The van der Waals surface area contributed by atoms with Crippen molar-refractivity contribution in [3.63, 3.8) is 0 Å². The van der Waals surface area contributed by atoms with Gasteiger partial charge in [-0.05, 0) is 32.4 Å². The number of nitrogens with one attached hydrogen (secondary N) is 1. The molecular formula is C15H18FN5. The van der Waals surface area contributed by atoms with Crippen LogP contribution in [-0.4, -0.2) is 34.1 Å². The standard InChI is InChI=1S/C15H18FN5/c1-10-8-14(19-11(2)18-10)20-12-5-7-21(9-12)15-13(16)4-3-6-17-15/h3-4,6,8,12H,5,7,9H2,1-2H3,(H,18,19,20). The predicted molar refractivity (Wildman–Crippen MR) is 79.9 cm³/mol. The molecule has 0 aliphatic carbocycles. The lowest BCUT2D eigenvalue weighted by Crippen LogP contribution is -2.27. The Kier molecular flexibility index (Phi) is 3.68. The molecule has 3 heterocycles. The molecule has 0 aromatic carbocycles. The number of rotatable bonds is 3. The van der Waals surface area contributed by atoms with Gasteiger partial charge in [0.1, 0.15) is 11.6 Å². The summed E-state index contributed by atoms with van der Waals surface area (Å²) in [5.74, 6) is 1.74. The van der Waals surface area contributed by atoms with Crippen molar-refractivity contribution in [1.82, 2.24) is 15.0 Å². The molecule has 0 bridgehead atoms. The van der Waals surface area contributed by atoms with Crippen LogP contribution in [-0.2, 0) is 0 Å². The summed E-state index contributed by atoms with van der Waals surface area (Å²) in [6, 6.07) is 5.22. The van der Waals surface area contributed by atoms with Crippen molar-refractivity contribution >= 4 is 11.6 Å². The van der Waals surface area contributed by atoms with Crippen LogP contribution in [0.3, 0.4) is 0 Å². The zero-order valence-corrected chi connectivity index (χ0v) is 12.2. The van der Waals surface area contributed by atoms with Crippen LogP contribution in [0.15, 0.2) is 24.4 Å². The lowest BCUT2D eigenvalue weighted by Gasteiger charge is -2.18. The molecule has 1 unspecified atom stereocenters. The van der Waals surface area contributed by atoms with Crippen molar-refractivity contribution in [1.29, 1.82) is 0 Å². The minimum Gasteiger partial charge on any atom is -0.365 e. The van der Waals surface area contributed by atoms with E-state index in [0.717, 1.165) is 36.8 Å². The van der Waals surface area contributed by atoms with Gasteiger partial charge < -0.3 is 10.2 Å². The Balaban J connectivity index is 1.69. The summed E-state index contributed by atoms with van der Waals surface area (Å²) in [7, 11) is 0. The fraction of sp³-hybridized carbons (Fsp3) is 0.400. The molecule has 0 radical (unpaired) electrons. The van der Waals surface area contributed by atoms with Crippen molar-refractivity contribution in [2.45, 2.75) is 26.3 Å². The Morgan fingerprint density at radius 2 is 2.19 bits per heavy atom. The van der Waals surface area contributed by atoms with E-state index in [1.807, 2.05) is 24.8 Å². The van der Waals surface area contributed by atoms with Crippen LogP contribution in [0.5, 0.6) is 0 Å². The third-order valence-corrected chi connectivity index (χ3v) is 3.54. The topological polar surface area (TPSA) is 53.9 Å². The van der Waals surface area contributed by atoms with Gasteiger partial charge in [0.25, 0.3) is 0 Å². The number of halogens is 1. The maximum Gasteiger partial charge on any atom is 0.165 e. The van der Waals surface area contributed by atoms with Gasteiger partial charge in [0.05, 0.1) is 0 Å². The lowest BCUT2D eigenvalue weighted by atomic mass is 10.2. The first kappa shape index (κ1) is 13.7. The van der Waals surface area contributed by atoms with E-state index in [-0.39, 0.29) is 11.9 Å². The third-order valence-electron chi connectivity index (χ3n) is 3.54. The van der Waals surface area contributed by atoms with Crippen LogP contribution < -0.4 is 10.2 Å². The highest BCUT2D eigenvalue weighted by molar-refractivity contribution is 5.44. The van der Waals surface area contributed by atoms with Crippen LogP contribution in [0.1, 0.15) is 17.9 Å². The molecule has 1 atom stereocenters. The summed E-state index contributed by atoms with van der Waals surface area (Å²) < 4.78 is 13.8. The van der Waals surface area contributed by atoms with Crippen LogP contribution in [0.25, 0.3) is 0 Å². The summed E-state index contributed by atoms with van der Waals surface area (Å²) in [6.07, 6.45) is 2.55. The minimum absolute atomic E-state index is 0.236. The zero-order chi connectivity index (χ0) is 14.8. The monoisotopic (exact) mass is 287 g/mol. The summed E-state index contributed by atoms with van der Waals surface area (Å²) >= 11 is 0. The molecule has 0 spiro atoms. The molecule has 1 fully saturated rings. The van der Waals surface area contributed by atoms with Gasteiger partial charge in [-0.15, -0.1) is 0 Å². The second-order valence-corrected chi connectivity index (χ2v) is 5.33. The number of anilines is 2. The molecule has 0 saturated carbocycles. The lowest BCUT2D eigenvalue weighted by molar-refractivity contribution is 0.615. The second-order valence-electron chi connectivity index (χ2n) is 5.33. The summed E-state index contributed by atoms with van der Waals surface area (Å²) in [5, 5.41) is 3.40. The summed E-state index contributed by atoms with van der Waals surface area (Å²) in [5.41, 5.74) is 0.940. The van der Waals surface area contributed by atoms with E-state index < -0.39 is 0 Å². The van der Waals surface area contributed by atoms with Crippen molar-refractivity contribution < 1.29 is 4.39 Å². The zero-order valence-electron chi connectivity index (χ0n) is 12.2. The van der Waals surface area contributed by atoms with E-state index in [1.54, 1.807) is 12.3 Å². The van der Waals surface area contributed by atoms with E-state index >= 15 is 0 Å². The highest BCUT2D eigenvalue weighted by Gasteiger charge is 2.25. The van der Waals surface area contributed by atoms with Gasteiger partial charge >= 0.3 is 0 Å². The van der Waals surface area contributed by atoms with Crippen LogP contribution in [0.2, 0.25) is 0 Å². The number of pyridine rings is 1. The number of aryl methyl sites for hydroxylation is 2. The van der Waals surface area contributed by atoms with Gasteiger partial charge in [0, 0.05) is 37.1 Å². The molecule has 6 heteroatoms. The molecule has 1 saturated heterocycles. The largest absolute Gasteiger partial charge is 0.365 e. The van der Waals surface area contributed by atoms with Crippen molar-refractivity contribution in [3.05, 3.63) is 41.7 Å². The maximum absolute atomic E-state index is 13.8. The summed E-state index contributed by atoms with van der Waals surface area (Å²) in [6.45, 7) is 5.33. The first-order valence-corrected chi connectivity index (χ1v) is 7.06. The smallest absolute Gasteiger partial charge is 0.165 e. The van der Waals surface area contributed by atoms with Gasteiger partial charge in [-0.25, -0.2) is 19.3 Å². The average molecular weight is 287 g/mol. The van der Waals surface area contributed by atoms with Crippen LogP contribution in [0.4, 0.5) is 16.0 Å². The maximum atomic E-state index is 13.8. The Labute approximate surface area is 123 Å². The Morgan fingerprint density at radius 3 is 2.95 bits per heavy atom. The van der Waals surface area contributed by atoms with Gasteiger partial charge in [-0.3, -0.25) is 0 Å². The number of hydrogen-bond acceptors (Lipinski definition) is 5. The second kappa shape index (κ2) is 5.63. The van der Waals surface area contributed by atoms with Crippen LogP contribution in [0, 0.1) is 19.7 Å². The highest BCUT2D eigenvalue weighted by atomic mass is 19.1. The fourth-order valence-corrected chi connectivity index (χ4v) is 2.68. The number of nitrogens with zero attached hydrogens (tertiary/aromatic N) is 4. The van der Waals surface area contributed by atoms with E-state index in [4.69, 9.17) is 0 Å². The van der Waals surface area contributed by atoms with Gasteiger partial charge in [-0.1, -0.05) is 0 Å². The third kappa shape index (κ3) is 3.09. The van der Waals surface area contributed by atoms with Crippen molar-refractivity contribution in [3.8, 4) is 0 Å². The molecule has 110 valence electrons. The molecule has 1 N–H and O–H groups in total. The Morgan fingerprint density at radius 1 is 1.33 bits per heavy atom. The molecular weight excluding hydrogens is 269 g/mol. The normalized spacial score (nSPS) is 18.0. The molecule has 2 aromatic heterocycles. The van der Waals surface area contributed by atoms with Gasteiger partial charge in [-0.2, -0.15) is 0 Å². The molecule has 21 heavy (non-hydrogen) atoms. The van der Waals surface area contributed by atoms with E-state index in [1.165, 1.54) is 6.07 Å². The quantitative estimate of drug-likeness (QED) is 0.939. The Hall–Kier alpha value is -2.24. The van der Waals surface area contributed by atoms with E-state index in [9.17, 15) is 4.39 Å². The number of hydrogen-bond donors (Lipinski definition) is 1.